The van der Waals surface area contributed by atoms with Crippen molar-refractivity contribution in [1.29, 1.82) is 0 Å². The van der Waals surface area contributed by atoms with E-state index in [9.17, 15) is 9.59 Å². The summed E-state index contributed by atoms with van der Waals surface area (Å²) in [6, 6.07) is 8.36. The molecule has 4 aliphatic carbocycles. The van der Waals surface area contributed by atoms with Crippen molar-refractivity contribution >= 4 is 23.4 Å². The quantitative estimate of drug-likeness (QED) is 0.497. The molecule has 1 aromatic carbocycles. The molecule has 0 radical (unpaired) electrons. The predicted octanol–water partition coefficient (Wildman–Crippen LogP) is 6.38. The van der Waals surface area contributed by atoms with E-state index in [1.807, 2.05) is 12.1 Å². The van der Waals surface area contributed by atoms with Gasteiger partial charge in [0.15, 0.2) is 0 Å². The van der Waals surface area contributed by atoms with Crippen LogP contribution in [-0.4, -0.2) is 17.9 Å². The summed E-state index contributed by atoms with van der Waals surface area (Å²) in [7, 11) is 0. The lowest BCUT2D eigenvalue weighted by Gasteiger charge is -2.60. The van der Waals surface area contributed by atoms with E-state index in [-0.39, 0.29) is 40.1 Å². The smallest absolute Gasteiger partial charge is 0.243 e. The van der Waals surface area contributed by atoms with Gasteiger partial charge in [0.25, 0.3) is 0 Å². The zero-order valence-electron chi connectivity index (χ0n) is 22.0. The maximum atomic E-state index is 14.1. The van der Waals surface area contributed by atoms with Gasteiger partial charge in [-0.1, -0.05) is 63.4 Å². The fourth-order valence-corrected chi connectivity index (χ4v) is 9.80. The number of rotatable bonds is 3. The highest BCUT2D eigenvalue weighted by atomic mass is 35.5. The van der Waals surface area contributed by atoms with Crippen molar-refractivity contribution in [2.24, 2.45) is 40.4 Å². The normalized spacial score (nSPS) is 42.7. The minimum absolute atomic E-state index is 0.0231. The number of hydrogen-bond acceptors (Lipinski definition) is 2. The van der Waals surface area contributed by atoms with Crippen LogP contribution < -0.4 is 10.6 Å². The number of carbonyl (C=O) groups is 2. The van der Waals surface area contributed by atoms with Gasteiger partial charge in [-0.25, -0.2) is 0 Å². The van der Waals surface area contributed by atoms with Gasteiger partial charge in [0.2, 0.25) is 11.8 Å². The Morgan fingerprint density at radius 1 is 1.03 bits per heavy atom. The van der Waals surface area contributed by atoms with E-state index in [0.29, 0.717) is 23.7 Å². The average molecular weight is 509 g/mol. The van der Waals surface area contributed by atoms with Gasteiger partial charge in [0.05, 0.1) is 5.54 Å². The van der Waals surface area contributed by atoms with Crippen LogP contribution in [0.5, 0.6) is 0 Å². The maximum Gasteiger partial charge on any atom is 0.243 e. The van der Waals surface area contributed by atoms with Crippen molar-refractivity contribution in [2.75, 3.05) is 0 Å². The van der Waals surface area contributed by atoms with E-state index >= 15 is 0 Å². The molecule has 2 amide bonds. The topological polar surface area (TPSA) is 58.2 Å². The van der Waals surface area contributed by atoms with Crippen LogP contribution >= 0.6 is 11.6 Å². The van der Waals surface area contributed by atoms with Gasteiger partial charge >= 0.3 is 0 Å². The summed E-state index contributed by atoms with van der Waals surface area (Å²) in [4.78, 5) is 26.2. The Morgan fingerprint density at radius 3 is 2.47 bits per heavy atom. The Kier molecular flexibility index (Phi) is 5.87. The number of benzene rings is 1. The molecule has 4 fully saturated rings. The molecule has 8 atom stereocenters. The number of carbonyl (C=O) groups excluding carboxylic acids is 2. The second kappa shape index (κ2) is 8.61. The molecule has 4 nitrogen and oxygen atoms in total. The third-order valence-corrected chi connectivity index (χ3v) is 11.8. The Balaban J connectivity index is 1.26. The van der Waals surface area contributed by atoms with Gasteiger partial charge in [0, 0.05) is 22.4 Å². The monoisotopic (exact) mass is 508 g/mol. The highest BCUT2D eigenvalue weighted by Crippen LogP contribution is 2.66. The van der Waals surface area contributed by atoms with E-state index in [4.69, 9.17) is 11.6 Å². The van der Waals surface area contributed by atoms with E-state index < -0.39 is 0 Å². The Morgan fingerprint density at radius 2 is 1.75 bits per heavy atom. The van der Waals surface area contributed by atoms with Gasteiger partial charge in [-0.3, -0.25) is 9.59 Å². The highest BCUT2D eigenvalue weighted by molar-refractivity contribution is 6.30. The highest BCUT2D eigenvalue weighted by Gasteiger charge is 2.62. The molecule has 1 aliphatic heterocycles. The lowest BCUT2D eigenvalue weighted by atomic mass is 9.45. The third-order valence-electron chi connectivity index (χ3n) is 11.6. The predicted molar refractivity (Wildman–Crippen MR) is 143 cm³/mol. The van der Waals surface area contributed by atoms with Crippen molar-refractivity contribution in [2.45, 2.75) is 90.1 Å². The molecule has 0 spiro atoms. The number of hydrogen-bond donors (Lipinski definition) is 2. The van der Waals surface area contributed by atoms with E-state index in [2.05, 4.69) is 49.6 Å². The van der Waals surface area contributed by atoms with Crippen molar-refractivity contribution in [1.82, 2.24) is 10.6 Å². The summed E-state index contributed by atoms with van der Waals surface area (Å²) in [5.41, 5.74) is 1.02. The molecule has 0 bridgehead atoms. The van der Waals surface area contributed by atoms with E-state index in [1.54, 1.807) is 6.08 Å². The Bertz CT molecular complexity index is 1080. The molecule has 194 valence electrons. The first-order chi connectivity index (χ1) is 17.2. The second-order valence-electron chi connectivity index (χ2n) is 13.2. The standard InChI is InChI=1S/C31H41ClN2O2/c1-19-18-25-30(3,17-13-26(35)33-25)23-12-16-29(2)22(27(19)23)10-11-24(29)28(36)34-31(14-4-5-15-31)20-6-8-21(32)9-7-20/h6-9,13,17,19,22-25,27H,4-5,10-12,14-16,18H2,1-3H3,(H,33,35)(H,34,36)/t19?,22-,23+,24?,25?,27-,29-,30+/m0/s1. The third kappa shape index (κ3) is 3.61. The molecule has 5 aliphatic rings. The van der Waals surface area contributed by atoms with Gasteiger partial charge in [-0.15, -0.1) is 0 Å². The summed E-state index contributed by atoms with van der Waals surface area (Å²) in [6.45, 7) is 7.19. The van der Waals surface area contributed by atoms with Gasteiger partial charge < -0.3 is 10.6 Å². The first-order valence-electron chi connectivity index (χ1n) is 14.2. The van der Waals surface area contributed by atoms with Crippen LogP contribution in [0.25, 0.3) is 0 Å². The van der Waals surface area contributed by atoms with Crippen LogP contribution in [0.15, 0.2) is 36.4 Å². The molecule has 2 N–H and O–H groups in total. The van der Waals surface area contributed by atoms with Gasteiger partial charge in [0.1, 0.15) is 0 Å². The number of halogens is 1. The SMILES string of the molecule is CC1CC2NC(=O)C=C[C@]2(C)[C@@H]2CC[C@]3(C)C(C(=O)NC4(c5ccc(Cl)cc5)CCCC4)CC[C@H]3[C@H]12. The van der Waals surface area contributed by atoms with Crippen LogP contribution in [0, 0.1) is 40.4 Å². The summed E-state index contributed by atoms with van der Waals surface area (Å²) < 4.78 is 0. The van der Waals surface area contributed by atoms with E-state index in [1.165, 1.54) is 5.56 Å². The van der Waals surface area contributed by atoms with Gasteiger partial charge in [-0.2, -0.15) is 0 Å². The average Bonchev–Trinajstić information content (AvgIpc) is 3.45. The molecule has 4 saturated carbocycles. The molecule has 1 heterocycles. The minimum Gasteiger partial charge on any atom is -0.349 e. The fourth-order valence-electron chi connectivity index (χ4n) is 9.67. The van der Waals surface area contributed by atoms with Crippen LogP contribution in [0.2, 0.25) is 5.02 Å². The van der Waals surface area contributed by atoms with Gasteiger partial charge in [-0.05, 0) is 97.8 Å². The first kappa shape index (κ1) is 24.5. The van der Waals surface area contributed by atoms with Crippen molar-refractivity contribution in [3.63, 3.8) is 0 Å². The van der Waals surface area contributed by atoms with Crippen LogP contribution in [0.1, 0.15) is 84.1 Å². The molecule has 0 saturated heterocycles. The Labute approximate surface area is 221 Å². The van der Waals surface area contributed by atoms with Crippen LogP contribution in [0.3, 0.4) is 0 Å². The second-order valence-corrected chi connectivity index (χ2v) is 13.7. The molecule has 3 unspecified atom stereocenters. The maximum absolute atomic E-state index is 14.1. The molecule has 0 aromatic heterocycles. The molecular formula is C31H41ClN2O2. The summed E-state index contributed by atoms with van der Waals surface area (Å²) in [5, 5.41) is 7.65. The minimum atomic E-state index is -0.253. The summed E-state index contributed by atoms with van der Waals surface area (Å²) in [6.07, 6.45) is 13.7. The van der Waals surface area contributed by atoms with E-state index in [0.717, 1.165) is 62.8 Å². The lowest BCUT2D eigenvalue weighted by molar-refractivity contribution is -0.138. The molecular weight excluding hydrogens is 468 g/mol. The number of fused-ring (bicyclic) bond motifs is 5. The summed E-state index contributed by atoms with van der Waals surface area (Å²) >= 11 is 6.18. The first-order valence-corrected chi connectivity index (χ1v) is 14.6. The number of amides is 2. The zero-order chi connectivity index (χ0) is 25.3. The van der Waals surface area contributed by atoms with Crippen LogP contribution in [0.4, 0.5) is 0 Å². The van der Waals surface area contributed by atoms with Crippen molar-refractivity contribution in [3.8, 4) is 0 Å². The zero-order valence-corrected chi connectivity index (χ0v) is 22.7. The van der Waals surface area contributed by atoms with Crippen molar-refractivity contribution < 1.29 is 9.59 Å². The Hall–Kier alpha value is -1.81. The largest absolute Gasteiger partial charge is 0.349 e. The molecule has 36 heavy (non-hydrogen) atoms. The molecule has 6 rings (SSSR count). The number of nitrogens with one attached hydrogen (secondary N) is 2. The lowest BCUT2D eigenvalue weighted by Crippen LogP contribution is -2.62. The summed E-state index contributed by atoms with van der Waals surface area (Å²) in [5.74, 6) is 2.71. The molecule has 1 aromatic rings. The van der Waals surface area contributed by atoms with Crippen molar-refractivity contribution in [3.05, 3.63) is 47.0 Å². The fraction of sp³-hybridized carbons (Fsp3) is 0.677. The van der Waals surface area contributed by atoms with Crippen LogP contribution in [-0.2, 0) is 15.1 Å². The molecule has 5 heteroatoms.